The molecule has 0 unspecified atom stereocenters. The molecule has 7 nitrogen and oxygen atoms in total. The monoisotopic (exact) mass is 345 g/mol. The Bertz CT molecular complexity index is 744. The Morgan fingerprint density at radius 1 is 1.24 bits per heavy atom. The topological polar surface area (TPSA) is 84.7 Å². The van der Waals surface area contributed by atoms with Gasteiger partial charge in [-0.1, -0.05) is 12.1 Å². The zero-order valence-corrected chi connectivity index (χ0v) is 14.9. The number of rotatable bonds is 6. The molecule has 1 aromatic heterocycles. The van der Waals surface area contributed by atoms with Crippen LogP contribution in [-0.2, 0) is 16.9 Å². The second-order valence-corrected chi connectivity index (χ2v) is 6.83. The van der Waals surface area contributed by atoms with Crippen LogP contribution in [-0.4, -0.2) is 45.3 Å². The summed E-state index contributed by atoms with van der Waals surface area (Å²) in [7, 11) is 1.73. The summed E-state index contributed by atoms with van der Waals surface area (Å²) in [4.78, 5) is 24.6. The maximum atomic E-state index is 12.5. The van der Waals surface area contributed by atoms with Crippen molar-refractivity contribution in [1.82, 2.24) is 14.7 Å². The molecule has 2 aromatic rings. The summed E-state index contributed by atoms with van der Waals surface area (Å²) < 4.78 is 6.85. The average Bonchev–Trinajstić information content (AvgIpc) is 3.03. The van der Waals surface area contributed by atoms with Crippen LogP contribution in [0.3, 0.4) is 0 Å². The van der Waals surface area contributed by atoms with Crippen molar-refractivity contribution in [3.8, 4) is 5.75 Å². The highest BCUT2D eigenvalue weighted by atomic mass is 16.5. The molecule has 1 amide bonds. The lowest BCUT2D eigenvalue weighted by Gasteiger charge is -2.19. The first-order valence-electron chi connectivity index (χ1n) is 7.91. The number of hydrogen-bond donors (Lipinski definition) is 1. The number of carboxylic acids is 1. The van der Waals surface area contributed by atoms with E-state index in [1.54, 1.807) is 53.3 Å². The van der Waals surface area contributed by atoms with Crippen molar-refractivity contribution in [3.63, 3.8) is 0 Å². The largest absolute Gasteiger partial charge is 0.482 e. The molecule has 0 radical (unpaired) electrons. The minimum atomic E-state index is -1.02. The first-order chi connectivity index (χ1) is 11.7. The van der Waals surface area contributed by atoms with E-state index < -0.39 is 5.97 Å². The van der Waals surface area contributed by atoms with Gasteiger partial charge in [-0.15, -0.1) is 0 Å². The van der Waals surface area contributed by atoms with Crippen LogP contribution in [0, 0.1) is 0 Å². The molecule has 1 N–H and O–H groups in total. The van der Waals surface area contributed by atoms with Crippen LogP contribution in [0.2, 0.25) is 0 Å². The van der Waals surface area contributed by atoms with Gasteiger partial charge < -0.3 is 14.7 Å². The number of aliphatic carboxylic acids is 1. The van der Waals surface area contributed by atoms with Gasteiger partial charge in [-0.05, 0) is 38.5 Å². The molecule has 134 valence electrons. The van der Waals surface area contributed by atoms with Crippen LogP contribution in [0.4, 0.5) is 0 Å². The first kappa shape index (κ1) is 18.5. The van der Waals surface area contributed by atoms with Crippen molar-refractivity contribution in [2.45, 2.75) is 32.9 Å². The van der Waals surface area contributed by atoms with Gasteiger partial charge in [0.1, 0.15) is 5.75 Å². The second-order valence-electron chi connectivity index (χ2n) is 6.83. The highest BCUT2D eigenvalue weighted by molar-refractivity contribution is 5.93. The van der Waals surface area contributed by atoms with Crippen molar-refractivity contribution >= 4 is 11.9 Å². The van der Waals surface area contributed by atoms with Crippen LogP contribution in [0.15, 0.2) is 36.7 Å². The maximum absolute atomic E-state index is 12.5. The maximum Gasteiger partial charge on any atom is 0.341 e. The summed E-state index contributed by atoms with van der Waals surface area (Å²) in [6.07, 6.45) is 3.33. The van der Waals surface area contributed by atoms with Crippen molar-refractivity contribution in [2.24, 2.45) is 0 Å². The van der Waals surface area contributed by atoms with Crippen LogP contribution < -0.4 is 4.74 Å². The fourth-order valence-electron chi connectivity index (χ4n) is 2.20. The number of carboxylic acid groups (broad SMARTS) is 1. The van der Waals surface area contributed by atoms with Gasteiger partial charge in [-0.25, -0.2) is 4.79 Å². The Labute approximate surface area is 146 Å². The Balaban J connectivity index is 1.99. The highest BCUT2D eigenvalue weighted by Crippen LogP contribution is 2.16. The van der Waals surface area contributed by atoms with Crippen molar-refractivity contribution < 1.29 is 19.4 Å². The van der Waals surface area contributed by atoms with Gasteiger partial charge in [0.15, 0.2) is 6.61 Å². The summed E-state index contributed by atoms with van der Waals surface area (Å²) in [5, 5.41) is 12.8. The molecule has 0 fully saturated rings. The molecule has 7 heteroatoms. The quantitative estimate of drug-likeness (QED) is 0.869. The summed E-state index contributed by atoms with van der Waals surface area (Å²) >= 11 is 0. The molecule has 1 aromatic carbocycles. The fraction of sp³-hybridized carbons (Fsp3) is 0.389. The van der Waals surface area contributed by atoms with Gasteiger partial charge in [0.05, 0.1) is 17.3 Å². The number of ether oxygens (including phenoxy) is 1. The number of benzene rings is 1. The molecule has 0 atom stereocenters. The van der Waals surface area contributed by atoms with Crippen LogP contribution in [0.1, 0.15) is 36.7 Å². The molecule has 0 bridgehead atoms. The Hall–Kier alpha value is -2.83. The summed E-state index contributed by atoms with van der Waals surface area (Å²) in [5.74, 6) is -0.654. The minimum Gasteiger partial charge on any atom is -0.482 e. The molecule has 0 aliphatic heterocycles. The van der Waals surface area contributed by atoms with Crippen LogP contribution >= 0.6 is 0 Å². The van der Waals surface area contributed by atoms with E-state index in [9.17, 15) is 9.59 Å². The number of hydrogen-bond acceptors (Lipinski definition) is 4. The fourth-order valence-corrected chi connectivity index (χ4v) is 2.20. The zero-order chi connectivity index (χ0) is 18.6. The molecule has 0 aliphatic rings. The third kappa shape index (κ3) is 5.07. The molecule has 0 saturated carbocycles. The first-order valence-corrected chi connectivity index (χ1v) is 7.91. The van der Waals surface area contributed by atoms with E-state index in [1.165, 1.54) is 0 Å². The summed E-state index contributed by atoms with van der Waals surface area (Å²) in [5.41, 5.74) is 1.28. The number of amides is 1. The van der Waals surface area contributed by atoms with E-state index in [1.807, 2.05) is 20.8 Å². The van der Waals surface area contributed by atoms with Gasteiger partial charge in [-0.3, -0.25) is 9.48 Å². The van der Waals surface area contributed by atoms with Gasteiger partial charge in [0.2, 0.25) is 0 Å². The predicted octanol–water partition coefficient (Wildman–Crippen LogP) is 2.37. The van der Waals surface area contributed by atoms with E-state index in [0.717, 1.165) is 5.56 Å². The Kier molecular flexibility index (Phi) is 5.46. The van der Waals surface area contributed by atoms with Gasteiger partial charge in [0.25, 0.3) is 5.91 Å². The molecular weight excluding hydrogens is 322 g/mol. The van der Waals surface area contributed by atoms with Gasteiger partial charge >= 0.3 is 5.97 Å². The normalized spacial score (nSPS) is 11.2. The van der Waals surface area contributed by atoms with E-state index in [2.05, 4.69) is 5.10 Å². The molecule has 0 aliphatic carbocycles. The number of aromatic nitrogens is 2. The van der Waals surface area contributed by atoms with E-state index in [4.69, 9.17) is 9.84 Å². The number of carbonyl (C=O) groups is 2. The van der Waals surface area contributed by atoms with Crippen LogP contribution in [0.5, 0.6) is 5.75 Å². The smallest absolute Gasteiger partial charge is 0.341 e. The van der Waals surface area contributed by atoms with Crippen molar-refractivity contribution in [2.75, 3.05) is 13.7 Å². The minimum absolute atomic E-state index is 0.110. The van der Waals surface area contributed by atoms with Crippen molar-refractivity contribution in [3.05, 3.63) is 47.8 Å². The van der Waals surface area contributed by atoms with Crippen LogP contribution in [0.25, 0.3) is 0 Å². The van der Waals surface area contributed by atoms with E-state index in [0.29, 0.717) is 17.9 Å². The molecule has 0 saturated heterocycles. The zero-order valence-electron chi connectivity index (χ0n) is 14.9. The lowest BCUT2D eigenvalue weighted by Crippen LogP contribution is -2.26. The highest BCUT2D eigenvalue weighted by Gasteiger charge is 2.19. The Morgan fingerprint density at radius 3 is 2.40 bits per heavy atom. The van der Waals surface area contributed by atoms with Gasteiger partial charge in [-0.2, -0.15) is 5.10 Å². The lowest BCUT2D eigenvalue weighted by atomic mass is 10.1. The Morgan fingerprint density at radius 2 is 1.88 bits per heavy atom. The third-order valence-electron chi connectivity index (χ3n) is 3.57. The standard InChI is InChI=1S/C18H23N3O4/c1-18(2,3)21-11-14(9-19-21)17(24)20(4)10-13-5-7-15(8-6-13)25-12-16(22)23/h5-9,11H,10,12H2,1-4H3,(H,22,23). The number of nitrogens with zero attached hydrogens (tertiary/aromatic N) is 3. The lowest BCUT2D eigenvalue weighted by molar-refractivity contribution is -0.139. The van der Waals surface area contributed by atoms with E-state index >= 15 is 0 Å². The molecule has 25 heavy (non-hydrogen) atoms. The molecule has 2 rings (SSSR count). The summed E-state index contributed by atoms with van der Waals surface area (Å²) in [6, 6.07) is 6.99. The third-order valence-corrected chi connectivity index (χ3v) is 3.57. The second kappa shape index (κ2) is 7.38. The summed E-state index contributed by atoms with van der Waals surface area (Å²) in [6.45, 7) is 6.11. The van der Waals surface area contributed by atoms with Gasteiger partial charge in [0, 0.05) is 19.8 Å². The molecule has 0 spiro atoms. The van der Waals surface area contributed by atoms with Crippen molar-refractivity contribution in [1.29, 1.82) is 0 Å². The van der Waals surface area contributed by atoms with E-state index in [-0.39, 0.29) is 18.1 Å². The predicted molar refractivity (Wildman–Crippen MR) is 92.6 cm³/mol. The SMILES string of the molecule is CN(Cc1ccc(OCC(=O)O)cc1)C(=O)c1cnn(C(C)(C)C)c1. The molecule has 1 heterocycles. The molecular formula is C18H23N3O4. The average molecular weight is 345 g/mol. The number of carbonyl (C=O) groups excluding carboxylic acids is 1.